The molecule has 0 amide bonds. The van der Waals surface area contributed by atoms with Gasteiger partial charge in [0.1, 0.15) is 24.0 Å². The highest BCUT2D eigenvalue weighted by atomic mass is 31.2. The van der Waals surface area contributed by atoms with E-state index in [4.69, 9.17) is 24.3 Å². The molecule has 5 N–H and O–H groups in total. The predicted octanol–water partition coefficient (Wildman–Crippen LogP) is 2.88. The fraction of sp³-hybridized carbons (Fsp3) is 0.462. The molecule has 0 spiro atoms. The minimum absolute atomic E-state index is 0.0605. The van der Waals surface area contributed by atoms with Crippen LogP contribution in [0, 0.1) is 0 Å². The number of hydrogen-bond donors (Lipinski definition) is 4. The van der Waals surface area contributed by atoms with Crippen molar-refractivity contribution in [2.45, 2.75) is 62.9 Å². The van der Waals surface area contributed by atoms with Crippen LogP contribution in [0.1, 0.15) is 32.9 Å². The lowest BCUT2D eigenvalue weighted by molar-refractivity contribution is -0.144. The Labute approximate surface area is 241 Å². The molecule has 42 heavy (non-hydrogen) atoms. The molecule has 1 aromatic carbocycles. The molecule has 1 aliphatic carbocycles. The molecule has 2 fully saturated rings. The third kappa shape index (κ3) is 6.10. The Morgan fingerprint density at radius 2 is 2.12 bits per heavy atom. The number of aliphatic hydroxyl groups excluding tert-OH is 1. The van der Waals surface area contributed by atoms with E-state index in [9.17, 15) is 14.5 Å². The summed E-state index contributed by atoms with van der Waals surface area (Å²) in [6, 6.07) is 7.27. The molecule has 5 rings (SSSR count). The minimum atomic E-state index is -4.30. The maximum atomic E-state index is 16.4. The number of halogens is 1. The number of nitrogen functional groups attached to an aromatic ring is 1. The Kier molecular flexibility index (Phi) is 8.49. The van der Waals surface area contributed by atoms with Crippen LogP contribution >= 0.6 is 7.75 Å². The number of para-hydroxylation sites is 1. The third-order valence-electron chi connectivity index (χ3n) is 6.78. The van der Waals surface area contributed by atoms with Gasteiger partial charge in [-0.05, 0) is 44.9 Å². The van der Waals surface area contributed by atoms with E-state index in [2.05, 4.69) is 31.9 Å². The number of hydrogen-bond acceptors (Lipinski definition) is 12. The van der Waals surface area contributed by atoms with Gasteiger partial charge in [-0.1, -0.05) is 24.8 Å². The zero-order valence-corrected chi connectivity index (χ0v) is 23.9. The molecular weight excluding hydrogens is 572 g/mol. The summed E-state index contributed by atoms with van der Waals surface area (Å²) in [5.41, 5.74) is 3.91. The molecule has 2 aromatic heterocycles. The van der Waals surface area contributed by atoms with Crippen molar-refractivity contribution in [1.29, 1.82) is 0 Å². The van der Waals surface area contributed by atoms with E-state index < -0.39 is 50.5 Å². The Hall–Kier alpha value is -3.62. The van der Waals surface area contributed by atoms with Gasteiger partial charge in [-0.3, -0.25) is 13.9 Å². The standard InChI is InChI=1S/C26H33FN7O7P/c1-4-26(27)20(35)18(13-39-42(37,33-15(3)23(36)38-5-2)41-17-9-7-6-8-10-17)40-24(26)34-14-29-19-21(30-16-11-12-16)31-25(28)32-22(19)34/h4,6-10,14-16,18,20,24,35H,1,5,11-13H2,2-3H3,(H,33,37)(H3,28,30,31,32)/t15-,18?,20+,24+,26+,42?/m0/s1. The third-order valence-corrected chi connectivity index (χ3v) is 8.42. The van der Waals surface area contributed by atoms with Gasteiger partial charge in [0.05, 0.1) is 19.5 Å². The van der Waals surface area contributed by atoms with E-state index in [1.54, 1.807) is 25.1 Å². The lowest BCUT2D eigenvalue weighted by Crippen LogP contribution is -2.42. The predicted molar refractivity (Wildman–Crippen MR) is 150 cm³/mol. The number of alkyl halides is 1. The summed E-state index contributed by atoms with van der Waals surface area (Å²) in [6.45, 7) is 6.13. The number of imidazole rings is 1. The van der Waals surface area contributed by atoms with Gasteiger partial charge in [0.2, 0.25) is 11.6 Å². The van der Waals surface area contributed by atoms with Gasteiger partial charge in [-0.15, -0.1) is 0 Å². The highest BCUT2D eigenvalue weighted by Crippen LogP contribution is 2.48. The van der Waals surface area contributed by atoms with E-state index in [1.165, 1.54) is 30.0 Å². The first kappa shape index (κ1) is 29.9. The van der Waals surface area contributed by atoms with Crippen LogP contribution in [-0.4, -0.2) is 73.8 Å². The highest BCUT2D eigenvalue weighted by Gasteiger charge is 2.57. The van der Waals surface area contributed by atoms with Crippen molar-refractivity contribution in [1.82, 2.24) is 24.6 Å². The van der Waals surface area contributed by atoms with Crippen LogP contribution in [0.3, 0.4) is 0 Å². The molecule has 0 radical (unpaired) electrons. The molecule has 0 bridgehead atoms. The number of nitrogens with two attached hydrogens (primary N) is 1. The van der Waals surface area contributed by atoms with Crippen molar-refractivity contribution in [2.24, 2.45) is 0 Å². The molecule has 1 saturated heterocycles. The molecule has 1 saturated carbocycles. The SMILES string of the molecule is C=C[C@@]1(F)[C@H](O)C(COP(=O)(N[C@@H](C)C(=O)OCC)Oc2ccccc2)O[C@H]1n1cnc2c(NC3CC3)nc(N)nc21. The van der Waals surface area contributed by atoms with Crippen molar-refractivity contribution in [2.75, 3.05) is 24.3 Å². The maximum Gasteiger partial charge on any atom is 0.459 e. The van der Waals surface area contributed by atoms with E-state index in [0.717, 1.165) is 18.9 Å². The van der Waals surface area contributed by atoms with Crippen LogP contribution in [0.2, 0.25) is 0 Å². The average molecular weight is 606 g/mol. The second-order valence-electron chi connectivity index (χ2n) is 9.98. The minimum Gasteiger partial charge on any atom is -0.465 e. The summed E-state index contributed by atoms with van der Waals surface area (Å²) in [5, 5.41) is 16.8. The molecule has 3 aromatic rings. The highest BCUT2D eigenvalue weighted by molar-refractivity contribution is 7.52. The number of esters is 1. The molecule has 226 valence electrons. The number of carbonyl (C=O) groups is 1. The second kappa shape index (κ2) is 11.9. The summed E-state index contributed by atoms with van der Waals surface area (Å²) < 4.78 is 53.6. The van der Waals surface area contributed by atoms with Gasteiger partial charge in [0.25, 0.3) is 0 Å². The molecule has 6 atom stereocenters. The van der Waals surface area contributed by atoms with Crippen molar-refractivity contribution < 1.29 is 37.4 Å². The normalized spacial score (nSPS) is 26.0. The summed E-state index contributed by atoms with van der Waals surface area (Å²) in [4.78, 5) is 25.0. The summed E-state index contributed by atoms with van der Waals surface area (Å²) >= 11 is 0. The number of benzene rings is 1. The molecular formula is C26H33FN7O7P. The molecule has 16 heteroatoms. The number of nitrogens with zero attached hydrogens (tertiary/aromatic N) is 4. The molecule has 2 unspecified atom stereocenters. The number of aromatic nitrogens is 4. The van der Waals surface area contributed by atoms with E-state index in [-0.39, 0.29) is 30.0 Å². The lowest BCUT2D eigenvalue weighted by Gasteiger charge is -2.26. The Balaban J connectivity index is 1.39. The van der Waals surface area contributed by atoms with Crippen LogP contribution in [-0.2, 0) is 23.4 Å². The molecule has 3 heterocycles. The lowest BCUT2D eigenvalue weighted by atomic mass is 9.96. The number of fused-ring (bicyclic) bond motifs is 1. The van der Waals surface area contributed by atoms with Gasteiger partial charge in [-0.25, -0.2) is 13.9 Å². The van der Waals surface area contributed by atoms with E-state index in [1.807, 2.05) is 0 Å². The average Bonchev–Trinajstić information content (AvgIpc) is 3.62. The van der Waals surface area contributed by atoms with Crippen molar-refractivity contribution in [3.8, 4) is 5.75 Å². The topological polar surface area (TPSA) is 185 Å². The number of anilines is 2. The number of ether oxygens (including phenoxy) is 2. The fourth-order valence-corrected chi connectivity index (χ4v) is 5.97. The molecule has 14 nitrogen and oxygen atoms in total. The van der Waals surface area contributed by atoms with Crippen molar-refractivity contribution in [3.05, 3.63) is 49.3 Å². The zero-order valence-electron chi connectivity index (χ0n) is 23.1. The van der Waals surface area contributed by atoms with Crippen LogP contribution in [0.4, 0.5) is 16.2 Å². The molecule has 1 aliphatic heterocycles. The van der Waals surface area contributed by atoms with Crippen LogP contribution in [0.15, 0.2) is 49.3 Å². The Bertz CT molecular complexity index is 1490. The summed E-state index contributed by atoms with van der Waals surface area (Å²) in [5.74, 6) is -0.164. The van der Waals surface area contributed by atoms with Crippen LogP contribution < -0.4 is 20.7 Å². The van der Waals surface area contributed by atoms with Gasteiger partial charge in [-0.2, -0.15) is 15.1 Å². The quantitative estimate of drug-likeness (QED) is 0.127. The number of nitrogens with one attached hydrogen (secondary N) is 2. The van der Waals surface area contributed by atoms with E-state index in [0.29, 0.717) is 11.3 Å². The van der Waals surface area contributed by atoms with E-state index >= 15 is 4.39 Å². The second-order valence-corrected chi connectivity index (χ2v) is 11.7. The van der Waals surface area contributed by atoms with Gasteiger partial charge in [0, 0.05) is 6.04 Å². The Morgan fingerprint density at radius 3 is 2.79 bits per heavy atom. The van der Waals surface area contributed by atoms with Gasteiger partial charge >= 0.3 is 13.7 Å². The van der Waals surface area contributed by atoms with Gasteiger partial charge in [0.15, 0.2) is 23.2 Å². The van der Waals surface area contributed by atoms with Crippen LogP contribution in [0.5, 0.6) is 5.75 Å². The first-order valence-electron chi connectivity index (χ1n) is 13.4. The number of aliphatic hydroxyl groups is 1. The zero-order chi connectivity index (χ0) is 30.1. The summed E-state index contributed by atoms with van der Waals surface area (Å²) in [6.07, 6.45) is -0.487. The van der Waals surface area contributed by atoms with Crippen molar-refractivity contribution in [3.63, 3.8) is 0 Å². The van der Waals surface area contributed by atoms with Crippen LogP contribution in [0.25, 0.3) is 11.2 Å². The largest absolute Gasteiger partial charge is 0.465 e. The summed E-state index contributed by atoms with van der Waals surface area (Å²) in [7, 11) is -4.30. The molecule has 2 aliphatic rings. The maximum absolute atomic E-state index is 16.4. The van der Waals surface area contributed by atoms with Crippen molar-refractivity contribution >= 4 is 36.6 Å². The van der Waals surface area contributed by atoms with Gasteiger partial charge < -0.3 is 30.2 Å². The Morgan fingerprint density at radius 1 is 1.38 bits per heavy atom. The smallest absolute Gasteiger partial charge is 0.459 e. The number of carbonyl (C=O) groups excluding carboxylic acids is 1. The first-order chi connectivity index (χ1) is 20.1. The number of rotatable bonds is 13. The first-order valence-corrected chi connectivity index (χ1v) is 15.0. The fourth-order valence-electron chi connectivity index (χ4n) is 4.47. The monoisotopic (exact) mass is 605 g/mol.